The summed E-state index contributed by atoms with van der Waals surface area (Å²) in [5.74, 6) is 0. The third-order valence-corrected chi connectivity index (χ3v) is 4.22. The fraction of sp³-hybridized carbons (Fsp3) is 0.176. The lowest BCUT2D eigenvalue weighted by Crippen LogP contribution is -2.19. The number of urea groups is 1. The predicted molar refractivity (Wildman–Crippen MR) is 97.0 cm³/mol. The zero-order chi connectivity index (χ0) is 17.4. The first-order chi connectivity index (χ1) is 11.4. The van der Waals surface area contributed by atoms with E-state index < -0.39 is 6.03 Å². The second-order valence-corrected chi connectivity index (χ2v) is 6.07. The summed E-state index contributed by atoms with van der Waals surface area (Å²) < 4.78 is 3.10. The number of fused-ring (bicyclic) bond motifs is 1. The second-order valence-electron chi connectivity index (χ2n) is 5.67. The molecule has 0 spiro atoms. The average molecular weight is 345 g/mol. The summed E-state index contributed by atoms with van der Waals surface area (Å²) in [6.45, 7) is 1.93. The van der Waals surface area contributed by atoms with E-state index in [0.717, 1.165) is 16.6 Å². The number of aromatic nitrogens is 2. The number of nitrogens with one attached hydrogen (secondary N) is 2. The van der Waals surface area contributed by atoms with E-state index in [4.69, 9.17) is 11.6 Å². The molecule has 2 amide bonds. The van der Waals surface area contributed by atoms with Gasteiger partial charge in [-0.05, 0) is 42.8 Å². The van der Waals surface area contributed by atoms with Gasteiger partial charge in [0.05, 0.1) is 21.7 Å². The molecule has 0 aliphatic rings. The molecule has 1 aromatic heterocycles. The first-order valence-corrected chi connectivity index (χ1v) is 7.74. The number of imidazole rings is 1. The van der Waals surface area contributed by atoms with Crippen LogP contribution in [-0.4, -0.2) is 15.2 Å². The molecular formula is C17H17ClN4O2. The number of aryl methyl sites for hydroxylation is 3. The number of hydrogen-bond donors (Lipinski definition) is 2. The third-order valence-electron chi connectivity index (χ3n) is 3.90. The lowest BCUT2D eigenvalue weighted by molar-refractivity contribution is 0.262. The van der Waals surface area contributed by atoms with E-state index >= 15 is 0 Å². The largest absolute Gasteiger partial charge is 0.328 e. The van der Waals surface area contributed by atoms with E-state index in [0.29, 0.717) is 16.4 Å². The number of rotatable bonds is 2. The van der Waals surface area contributed by atoms with Crippen LogP contribution in [0.5, 0.6) is 0 Å². The van der Waals surface area contributed by atoms with Gasteiger partial charge in [0, 0.05) is 19.8 Å². The molecule has 0 saturated heterocycles. The smallest absolute Gasteiger partial charge is 0.308 e. The zero-order valence-corrected chi connectivity index (χ0v) is 14.3. The van der Waals surface area contributed by atoms with Crippen LogP contribution >= 0.6 is 11.6 Å². The molecule has 3 rings (SSSR count). The summed E-state index contributed by atoms with van der Waals surface area (Å²) in [4.78, 5) is 24.1. The molecule has 3 aromatic rings. The highest BCUT2D eigenvalue weighted by molar-refractivity contribution is 6.33. The molecule has 6 nitrogen and oxygen atoms in total. The summed E-state index contributed by atoms with van der Waals surface area (Å²) in [5, 5.41) is 5.93. The Balaban J connectivity index is 1.83. The van der Waals surface area contributed by atoms with Crippen molar-refractivity contribution in [3.8, 4) is 0 Å². The number of nitrogens with zero attached hydrogens (tertiary/aromatic N) is 2. The lowest BCUT2D eigenvalue weighted by atomic mass is 10.2. The van der Waals surface area contributed by atoms with E-state index in [1.807, 2.05) is 13.0 Å². The molecule has 0 unspecified atom stereocenters. The van der Waals surface area contributed by atoms with E-state index in [1.54, 1.807) is 49.0 Å². The van der Waals surface area contributed by atoms with Crippen molar-refractivity contribution >= 4 is 40.0 Å². The summed E-state index contributed by atoms with van der Waals surface area (Å²) in [6, 6.07) is 10.3. The minimum absolute atomic E-state index is 0.113. The van der Waals surface area contributed by atoms with Crippen LogP contribution in [0.3, 0.4) is 0 Å². The minimum Gasteiger partial charge on any atom is -0.308 e. The monoisotopic (exact) mass is 344 g/mol. The second kappa shape index (κ2) is 6.05. The SMILES string of the molecule is Cc1ccc(NC(=O)Nc2ccc3c(c2)n(C)c(=O)n3C)c(Cl)c1. The molecule has 1 heterocycles. The molecule has 2 N–H and O–H groups in total. The van der Waals surface area contributed by atoms with E-state index in [-0.39, 0.29) is 5.69 Å². The van der Waals surface area contributed by atoms with Crippen molar-refractivity contribution in [1.82, 2.24) is 9.13 Å². The summed E-state index contributed by atoms with van der Waals surface area (Å²) in [7, 11) is 3.41. The fourth-order valence-electron chi connectivity index (χ4n) is 2.59. The predicted octanol–water partition coefficient (Wildman–Crippen LogP) is 3.48. The highest BCUT2D eigenvalue weighted by Crippen LogP contribution is 2.23. The Kier molecular flexibility index (Phi) is 4.07. The number of benzene rings is 2. The molecule has 0 fully saturated rings. The highest BCUT2D eigenvalue weighted by Gasteiger charge is 2.10. The molecule has 124 valence electrons. The Morgan fingerprint density at radius 1 is 1.00 bits per heavy atom. The van der Waals surface area contributed by atoms with Crippen LogP contribution in [0.15, 0.2) is 41.2 Å². The number of hydrogen-bond acceptors (Lipinski definition) is 2. The molecule has 0 atom stereocenters. The quantitative estimate of drug-likeness (QED) is 0.747. The van der Waals surface area contributed by atoms with Gasteiger partial charge in [0.15, 0.2) is 0 Å². The molecular weight excluding hydrogens is 328 g/mol. The normalized spacial score (nSPS) is 10.8. The molecule has 0 aliphatic carbocycles. The van der Waals surface area contributed by atoms with Gasteiger partial charge in [-0.3, -0.25) is 9.13 Å². The molecule has 24 heavy (non-hydrogen) atoms. The van der Waals surface area contributed by atoms with Crippen molar-refractivity contribution < 1.29 is 4.79 Å². The first-order valence-electron chi connectivity index (χ1n) is 7.36. The Bertz CT molecular complexity index is 1000. The van der Waals surface area contributed by atoms with Crippen LogP contribution in [-0.2, 0) is 14.1 Å². The number of halogens is 1. The molecule has 2 aromatic carbocycles. The van der Waals surface area contributed by atoms with Crippen LogP contribution in [0.25, 0.3) is 11.0 Å². The van der Waals surface area contributed by atoms with Gasteiger partial charge in [-0.15, -0.1) is 0 Å². The van der Waals surface area contributed by atoms with Crippen molar-refractivity contribution in [1.29, 1.82) is 0 Å². The number of carbonyl (C=O) groups is 1. The molecule has 0 saturated carbocycles. The van der Waals surface area contributed by atoms with Crippen molar-refractivity contribution in [2.24, 2.45) is 14.1 Å². The van der Waals surface area contributed by atoms with Gasteiger partial charge in [0.25, 0.3) is 0 Å². The first kappa shape index (κ1) is 16.1. The van der Waals surface area contributed by atoms with Crippen molar-refractivity contribution in [3.63, 3.8) is 0 Å². The lowest BCUT2D eigenvalue weighted by Gasteiger charge is -2.10. The van der Waals surface area contributed by atoms with Crippen LogP contribution in [0.1, 0.15) is 5.56 Å². The molecule has 0 bridgehead atoms. The highest BCUT2D eigenvalue weighted by atomic mass is 35.5. The maximum atomic E-state index is 12.2. The topological polar surface area (TPSA) is 68.1 Å². The Hall–Kier alpha value is -2.73. The standard InChI is InChI=1S/C17H17ClN4O2/c1-10-4-6-13(12(18)8-10)20-16(23)19-11-5-7-14-15(9-11)22(3)17(24)21(14)2/h4-9H,1-3H3,(H2,19,20,23). The molecule has 0 radical (unpaired) electrons. The van der Waals surface area contributed by atoms with Crippen LogP contribution in [0, 0.1) is 6.92 Å². The van der Waals surface area contributed by atoms with Crippen molar-refractivity contribution in [2.75, 3.05) is 10.6 Å². The van der Waals surface area contributed by atoms with E-state index in [2.05, 4.69) is 10.6 Å². The Morgan fingerprint density at radius 2 is 1.71 bits per heavy atom. The van der Waals surface area contributed by atoms with Crippen molar-refractivity contribution in [2.45, 2.75) is 6.92 Å². The summed E-state index contributed by atoms with van der Waals surface area (Å²) in [5.41, 5.74) is 3.57. The van der Waals surface area contributed by atoms with Crippen LogP contribution in [0.4, 0.5) is 16.2 Å². The fourth-order valence-corrected chi connectivity index (χ4v) is 2.87. The Labute approximate surface area is 143 Å². The van der Waals surface area contributed by atoms with Gasteiger partial charge in [0.1, 0.15) is 0 Å². The van der Waals surface area contributed by atoms with Crippen molar-refractivity contribution in [3.05, 3.63) is 57.5 Å². The van der Waals surface area contributed by atoms with Gasteiger partial charge in [0.2, 0.25) is 0 Å². The van der Waals surface area contributed by atoms with Crippen LogP contribution < -0.4 is 16.3 Å². The van der Waals surface area contributed by atoms with Crippen LogP contribution in [0.2, 0.25) is 5.02 Å². The van der Waals surface area contributed by atoms with Gasteiger partial charge in [-0.25, -0.2) is 9.59 Å². The average Bonchev–Trinajstić information content (AvgIpc) is 2.75. The maximum Gasteiger partial charge on any atom is 0.328 e. The van der Waals surface area contributed by atoms with E-state index in [1.165, 1.54) is 4.57 Å². The molecule has 0 aliphatic heterocycles. The molecule has 7 heteroatoms. The zero-order valence-electron chi connectivity index (χ0n) is 13.6. The number of amides is 2. The van der Waals surface area contributed by atoms with E-state index in [9.17, 15) is 9.59 Å². The Morgan fingerprint density at radius 3 is 2.42 bits per heavy atom. The number of carbonyl (C=O) groups excluding carboxylic acids is 1. The van der Waals surface area contributed by atoms with Gasteiger partial charge >= 0.3 is 11.7 Å². The van der Waals surface area contributed by atoms with Gasteiger partial charge < -0.3 is 10.6 Å². The van der Waals surface area contributed by atoms with Gasteiger partial charge in [-0.2, -0.15) is 0 Å². The minimum atomic E-state index is -0.402. The number of anilines is 2. The maximum absolute atomic E-state index is 12.2. The van der Waals surface area contributed by atoms with Gasteiger partial charge in [-0.1, -0.05) is 17.7 Å². The summed E-state index contributed by atoms with van der Waals surface area (Å²) in [6.07, 6.45) is 0. The summed E-state index contributed by atoms with van der Waals surface area (Å²) >= 11 is 6.11. The third kappa shape index (κ3) is 2.88.